The maximum atomic E-state index is 12.6. The van der Waals surface area contributed by atoms with Crippen LogP contribution in [0.5, 0.6) is 0 Å². The summed E-state index contributed by atoms with van der Waals surface area (Å²) in [5, 5.41) is 10.5. The van der Waals surface area contributed by atoms with Crippen molar-refractivity contribution < 1.29 is 9.90 Å². The second-order valence-electron chi connectivity index (χ2n) is 6.37. The predicted octanol–water partition coefficient (Wildman–Crippen LogP) is 2.51. The van der Waals surface area contributed by atoms with Crippen LogP contribution < -0.4 is 0 Å². The highest BCUT2D eigenvalue weighted by Gasteiger charge is 2.43. The lowest BCUT2D eigenvalue weighted by atomic mass is 9.81. The van der Waals surface area contributed by atoms with E-state index in [2.05, 4.69) is 31.2 Å². The lowest BCUT2D eigenvalue weighted by molar-refractivity contribution is -0.150. The Bertz CT molecular complexity index is 499. The molecule has 0 aromatic heterocycles. The van der Waals surface area contributed by atoms with Crippen LogP contribution in [0.1, 0.15) is 31.2 Å². The average molecular weight is 305 g/mol. The summed E-state index contributed by atoms with van der Waals surface area (Å²) in [6.07, 6.45) is 1.59. The van der Waals surface area contributed by atoms with Gasteiger partial charge in [-0.15, -0.1) is 0 Å². The van der Waals surface area contributed by atoms with Crippen LogP contribution >= 0.6 is 11.8 Å². The quantitative estimate of drug-likeness (QED) is 0.913. The molecule has 3 unspecified atom stereocenters. The Morgan fingerprint density at radius 2 is 2.14 bits per heavy atom. The number of amides is 1. The minimum absolute atomic E-state index is 0.0501. The first-order valence-electron chi connectivity index (χ1n) is 7.74. The molecule has 3 rings (SSSR count). The second kappa shape index (κ2) is 6.01. The summed E-state index contributed by atoms with van der Waals surface area (Å²) >= 11 is 1.67. The lowest BCUT2D eigenvalue weighted by Gasteiger charge is -2.40. The van der Waals surface area contributed by atoms with Gasteiger partial charge in [0.2, 0.25) is 0 Å². The average Bonchev–Trinajstić information content (AvgIpc) is 2.95. The SMILES string of the molecule is CC1CN(C(=O)C2(O)CCSC2)CCC1c1ccccc1. The minimum Gasteiger partial charge on any atom is -0.379 e. The lowest BCUT2D eigenvalue weighted by Crippen LogP contribution is -2.53. The fourth-order valence-corrected chi connectivity index (χ4v) is 4.77. The van der Waals surface area contributed by atoms with Gasteiger partial charge in [-0.05, 0) is 36.0 Å². The molecule has 2 fully saturated rings. The third-order valence-corrected chi connectivity index (χ3v) is 5.99. The highest BCUT2D eigenvalue weighted by atomic mass is 32.2. The number of carbonyl (C=O) groups is 1. The van der Waals surface area contributed by atoms with Crippen molar-refractivity contribution >= 4 is 17.7 Å². The first-order valence-corrected chi connectivity index (χ1v) is 8.90. The van der Waals surface area contributed by atoms with Crippen molar-refractivity contribution in [3.8, 4) is 0 Å². The van der Waals surface area contributed by atoms with Gasteiger partial charge in [0.15, 0.2) is 5.60 Å². The fraction of sp³-hybridized carbons (Fsp3) is 0.588. The third kappa shape index (κ3) is 2.97. The van der Waals surface area contributed by atoms with Crippen LogP contribution in [0.2, 0.25) is 0 Å². The molecule has 3 nitrogen and oxygen atoms in total. The van der Waals surface area contributed by atoms with E-state index in [0.717, 1.165) is 25.3 Å². The number of rotatable bonds is 2. The molecular formula is C17H23NO2S. The van der Waals surface area contributed by atoms with Crippen LogP contribution in [0.4, 0.5) is 0 Å². The molecule has 0 radical (unpaired) electrons. The van der Waals surface area contributed by atoms with E-state index in [4.69, 9.17) is 0 Å². The van der Waals surface area contributed by atoms with E-state index in [0.29, 0.717) is 24.0 Å². The monoisotopic (exact) mass is 305 g/mol. The van der Waals surface area contributed by atoms with Crippen LogP contribution in [-0.4, -0.2) is 46.1 Å². The molecular weight excluding hydrogens is 282 g/mol. The van der Waals surface area contributed by atoms with Gasteiger partial charge >= 0.3 is 0 Å². The molecule has 3 atom stereocenters. The standard InChI is InChI=1S/C17H23NO2S/c1-13-11-18(16(19)17(20)8-10-21-12-17)9-7-15(13)14-5-3-2-4-6-14/h2-6,13,15,20H,7-12H2,1H3. The largest absolute Gasteiger partial charge is 0.379 e. The van der Waals surface area contributed by atoms with Gasteiger partial charge in [-0.1, -0.05) is 37.3 Å². The molecule has 1 aromatic rings. The number of piperidine rings is 1. The van der Waals surface area contributed by atoms with Crippen LogP contribution in [-0.2, 0) is 4.79 Å². The number of thioether (sulfide) groups is 1. The minimum atomic E-state index is -1.11. The number of carbonyl (C=O) groups excluding carboxylic acids is 1. The van der Waals surface area contributed by atoms with E-state index in [1.807, 2.05) is 11.0 Å². The number of hydrogen-bond acceptors (Lipinski definition) is 3. The molecule has 0 saturated carbocycles. The Balaban J connectivity index is 1.67. The Hall–Kier alpha value is -1.00. The van der Waals surface area contributed by atoms with Gasteiger partial charge in [-0.2, -0.15) is 11.8 Å². The van der Waals surface area contributed by atoms with Crippen LogP contribution in [0.25, 0.3) is 0 Å². The molecule has 21 heavy (non-hydrogen) atoms. The van der Waals surface area contributed by atoms with Gasteiger partial charge in [0.25, 0.3) is 5.91 Å². The van der Waals surface area contributed by atoms with Gasteiger partial charge in [-0.25, -0.2) is 0 Å². The van der Waals surface area contributed by atoms with Crippen molar-refractivity contribution in [3.05, 3.63) is 35.9 Å². The molecule has 1 amide bonds. The molecule has 1 aromatic carbocycles. The van der Waals surface area contributed by atoms with E-state index in [9.17, 15) is 9.90 Å². The van der Waals surface area contributed by atoms with Crippen LogP contribution in [0.15, 0.2) is 30.3 Å². The summed E-state index contributed by atoms with van der Waals surface area (Å²) in [4.78, 5) is 14.5. The van der Waals surface area contributed by atoms with Gasteiger partial charge < -0.3 is 10.0 Å². The summed E-state index contributed by atoms with van der Waals surface area (Å²) < 4.78 is 0. The van der Waals surface area contributed by atoms with E-state index < -0.39 is 5.60 Å². The Morgan fingerprint density at radius 3 is 2.76 bits per heavy atom. The molecule has 2 heterocycles. The maximum Gasteiger partial charge on any atom is 0.255 e. The molecule has 2 aliphatic heterocycles. The molecule has 0 bridgehead atoms. The number of nitrogens with zero attached hydrogens (tertiary/aromatic N) is 1. The first kappa shape index (κ1) is 14.9. The third-order valence-electron chi connectivity index (χ3n) is 4.82. The smallest absolute Gasteiger partial charge is 0.255 e. The number of benzene rings is 1. The molecule has 0 aliphatic carbocycles. The molecule has 0 spiro atoms. The normalized spacial score (nSPS) is 33.1. The van der Waals surface area contributed by atoms with Crippen molar-refractivity contribution in [1.82, 2.24) is 4.90 Å². The molecule has 1 N–H and O–H groups in total. The fourth-order valence-electron chi connectivity index (χ4n) is 3.54. The zero-order valence-corrected chi connectivity index (χ0v) is 13.3. The van der Waals surface area contributed by atoms with E-state index >= 15 is 0 Å². The maximum absolute atomic E-state index is 12.6. The van der Waals surface area contributed by atoms with Crippen molar-refractivity contribution in [3.63, 3.8) is 0 Å². The first-order chi connectivity index (χ1) is 10.1. The Morgan fingerprint density at radius 1 is 1.38 bits per heavy atom. The zero-order chi connectivity index (χ0) is 14.9. The van der Waals surface area contributed by atoms with Crippen LogP contribution in [0.3, 0.4) is 0 Å². The predicted molar refractivity (Wildman–Crippen MR) is 86.4 cm³/mol. The van der Waals surface area contributed by atoms with Crippen molar-refractivity contribution in [2.24, 2.45) is 5.92 Å². The number of hydrogen-bond donors (Lipinski definition) is 1. The highest BCUT2D eigenvalue weighted by Crippen LogP contribution is 2.35. The van der Waals surface area contributed by atoms with Crippen molar-refractivity contribution in [2.45, 2.75) is 31.3 Å². The highest BCUT2D eigenvalue weighted by molar-refractivity contribution is 7.99. The van der Waals surface area contributed by atoms with Gasteiger partial charge in [0.05, 0.1) is 0 Å². The van der Waals surface area contributed by atoms with E-state index in [1.54, 1.807) is 11.8 Å². The Labute approximate surface area is 130 Å². The molecule has 2 aliphatic rings. The zero-order valence-electron chi connectivity index (χ0n) is 12.5. The van der Waals surface area contributed by atoms with Gasteiger partial charge in [0, 0.05) is 18.8 Å². The molecule has 114 valence electrons. The summed E-state index contributed by atoms with van der Waals surface area (Å²) in [5.74, 6) is 2.34. The van der Waals surface area contributed by atoms with Gasteiger partial charge in [0.1, 0.15) is 0 Å². The number of aliphatic hydroxyl groups is 1. The summed E-state index contributed by atoms with van der Waals surface area (Å²) in [5.41, 5.74) is 0.261. The van der Waals surface area contributed by atoms with E-state index in [-0.39, 0.29) is 5.91 Å². The molecule has 4 heteroatoms. The topological polar surface area (TPSA) is 40.5 Å². The summed E-state index contributed by atoms with van der Waals surface area (Å²) in [6.45, 7) is 3.73. The van der Waals surface area contributed by atoms with Crippen LogP contribution in [0, 0.1) is 5.92 Å². The van der Waals surface area contributed by atoms with Crippen molar-refractivity contribution in [1.29, 1.82) is 0 Å². The van der Waals surface area contributed by atoms with Crippen molar-refractivity contribution in [2.75, 3.05) is 24.6 Å². The van der Waals surface area contributed by atoms with Gasteiger partial charge in [-0.3, -0.25) is 4.79 Å². The Kier molecular flexibility index (Phi) is 4.27. The second-order valence-corrected chi connectivity index (χ2v) is 7.47. The van der Waals surface area contributed by atoms with E-state index in [1.165, 1.54) is 5.56 Å². The number of likely N-dealkylation sites (tertiary alicyclic amines) is 1. The summed E-state index contributed by atoms with van der Waals surface area (Å²) in [6, 6.07) is 10.6. The molecule has 2 saturated heterocycles. The summed E-state index contributed by atoms with van der Waals surface area (Å²) in [7, 11) is 0.